The second-order valence-electron chi connectivity index (χ2n) is 5.25. The number of ether oxygens (including phenoxy) is 4. The van der Waals surface area contributed by atoms with Gasteiger partial charge in [0.05, 0.1) is 28.4 Å². The molecule has 2 rings (SSSR count). The van der Waals surface area contributed by atoms with Gasteiger partial charge in [0.2, 0.25) is 5.75 Å². The average Bonchev–Trinajstić information content (AvgIpc) is 2.64. The van der Waals surface area contributed by atoms with E-state index in [4.69, 9.17) is 18.9 Å². The van der Waals surface area contributed by atoms with Crippen molar-refractivity contribution in [3.8, 4) is 28.7 Å². The maximum absolute atomic E-state index is 11.0. The number of hydrogen-bond donors (Lipinski definition) is 0. The molecule has 2 aromatic carbocycles. The fourth-order valence-corrected chi connectivity index (χ4v) is 2.81. The van der Waals surface area contributed by atoms with Gasteiger partial charge in [0.1, 0.15) is 0 Å². The van der Waals surface area contributed by atoms with Crippen LogP contribution in [0.5, 0.6) is 28.7 Å². The van der Waals surface area contributed by atoms with E-state index in [1.807, 2.05) is 0 Å². The van der Waals surface area contributed by atoms with Crippen molar-refractivity contribution in [2.75, 3.05) is 28.4 Å². The van der Waals surface area contributed by atoms with Crippen molar-refractivity contribution in [1.82, 2.24) is 0 Å². The van der Waals surface area contributed by atoms with Crippen molar-refractivity contribution in [3.63, 3.8) is 0 Å². The SMILES string of the molecule is C=C(c1ccc(OC)c(OS(=O)(=O)[O-])c1)c1cc(OC)c(OC)c(OC)c1.[Na+]. The van der Waals surface area contributed by atoms with Crippen molar-refractivity contribution < 1.29 is 65.7 Å². The van der Waals surface area contributed by atoms with Crippen LogP contribution in [0.1, 0.15) is 11.1 Å². The normalized spacial score (nSPS) is 10.5. The Hall–Kier alpha value is -1.91. The van der Waals surface area contributed by atoms with Gasteiger partial charge in [-0.15, -0.1) is 0 Å². The van der Waals surface area contributed by atoms with Gasteiger partial charge in [0, 0.05) is 0 Å². The third kappa shape index (κ3) is 5.55. The average molecular weight is 418 g/mol. The summed E-state index contributed by atoms with van der Waals surface area (Å²) >= 11 is 0. The molecule has 0 aliphatic heterocycles. The van der Waals surface area contributed by atoms with E-state index in [0.29, 0.717) is 33.9 Å². The van der Waals surface area contributed by atoms with E-state index in [-0.39, 0.29) is 41.1 Å². The number of benzene rings is 2. The van der Waals surface area contributed by atoms with Gasteiger partial charge in [-0.3, -0.25) is 0 Å². The maximum atomic E-state index is 11.0. The summed E-state index contributed by atoms with van der Waals surface area (Å²) in [4.78, 5) is 0. The topological polar surface area (TPSA) is 103 Å². The largest absolute Gasteiger partial charge is 1.00 e. The summed E-state index contributed by atoms with van der Waals surface area (Å²) < 4.78 is 58.3. The van der Waals surface area contributed by atoms with E-state index in [0.717, 1.165) is 0 Å². The predicted molar refractivity (Wildman–Crippen MR) is 97.6 cm³/mol. The molecular formula is C18H19NaO8S. The summed E-state index contributed by atoms with van der Waals surface area (Å²) in [5.41, 5.74) is 1.64. The summed E-state index contributed by atoms with van der Waals surface area (Å²) in [6.07, 6.45) is 0. The first-order valence-electron chi connectivity index (χ1n) is 7.57. The fraction of sp³-hybridized carbons (Fsp3) is 0.222. The number of hydrogen-bond acceptors (Lipinski definition) is 8. The number of rotatable bonds is 8. The minimum absolute atomic E-state index is 0. The van der Waals surface area contributed by atoms with Crippen LogP contribution in [-0.4, -0.2) is 41.4 Å². The van der Waals surface area contributed by atoms with Crippen LogP contribution < -0.4 is 52.7 Å². The third-order valence-electron chi connectivity index (χ3n) is 3.72. The van der Waals surface area contributed by atoms with Gasteiger partial charge in [-0.25, -0.2) is 8.42 Å². The Morgan fingerprint density at radius 3 is 1.75 bits per heavy atom. The Kier molecular flexibility index (Phi) is 8.65. The van der Waals surface area contributed by atoms with Crippen LogP contribution in [0, 0.1) is 0 Å². The third-order valence-corrected chi connectivity index (χ3v) is 4.10. The van der Waals surface area contributed by atoms with E-state index in [1.165, 1.54) is 40.6 Å². The molecule has 0 N–H and O–H groups in total. The zero-order valence-electron chi connectivity index (χ0n) is 16.3. The van der Waals surface area contributed by atoms with Crippen molar-refractivity contribution >= 4 is 16.0 Å². The van der Waals surface area contributed by atoms with E-state index >= 15 is 0 Å². The Bertz CT molecular complexity index is 931. The second kappa shape index (κ2) is 10.0. The van der Waals surface area contributed by atoms with Crippen molar-refractivity contribution in [3.05, 3.63) is 48.0 Å². The van der Waals surface area contributed by atoms with Crippen molar-refractivity contribution in [1.29, 1.82) is 0 Å². The Balaban J connectivity index is 0.00000392. The summed E-state index contributed by atoms with van der Waals surface area (Å²) in [6, 6.07) is 7.85. The molecule has 0 spiro atoms. The smallest absolute Gasteiger partial charge is 0.716 e. The maximum Gasteiger partial charge on any atom is 1.00 e. The summed E-state index contributed by atoms with van der Waals surface area (Å²) in [5, 5.41) is 0. The Morgan fingerprint density at radius 1 is 0.821 bits per heavy atom. The monoisotopic (exact) mass is 418 g/mol. The van der Waals surface area contributed by atoms with Crippen LogP contribution in [0.2, 0.25) is 0 Å². The molecule has 146 valence electrons. The molecule has 0 aliphatic carbocycles. The van der Waals surface area contributed by atoms with Crippen molar-refractivity contribution in [2.45, 2.75) is 0 Å². The van der Waals surface area contributed by atoms with Crippen LogP contribution in [-0.2, 0) is 10.4 Å². The molecule has 28 heavy (non-hydrogen) atoms. The molecule has 0 atom stereocenters. The molecule has 0 heterocycles. The van der Waals surface area contributed by atoms with E-state index in [1.54, 1.807) is 18.2 Å². The molecule has 0 fully saturated rings. The summed E-state index contributed by atoms with van der Waals surface area (Å²) in [6.45, 7) is 4.02. The molecular weight excluding hydrogens is 399 g/mol. The van der Waals surface area contributed by atoms with Crippen LogP contribution in [0.4, 0.5) is 0 Å². The molecule has 10 heteroatoms. The molecule has 0 aliphatic rings. The molecule has 0 amide bonds. The van der Waals surface area contributed by atoms with E-state index in [9.17, 15) is 13.0 Å². The first-order valence-corrected chi connectivity index (χ1v) is 8.90. The van der Waals surface area contributed by atoms with Crippen LogP contribution in [0.3, 0.4) is 0 Å². The van der Waals surface area contributed by atoms with Gasteiger partial charge in [0.15, 0.2) is 23.0 Å². The van der Waals surface area contributed by atoms with E-state index in [2.05, 4.69) is 10.8 Å². The van der Waals surface area contributed by atoms with Gasteiger partial charge in [0.25, 0.3) is 10.4 Å². The van der Waals surface area contributed by atoms with Gasteiger partial charge >= 0.3 is 29.6 Å². The summed E-state index contributed by atoms with van der Waals surface area (Å²) in [7, 11) is 0.831. The Labute approximate surface area is 186 Å². The van der Waals surface area contributed by atoms with Gasteiger partial charge in [-0.05, 0) is 41.0 Å². The molecule has 8 nitrogen and oxygen atoms in total. The molecule has 0 radical (unpaired) electrons. The van der Waals surface area contributed by atoms with Crippen LogP contribution in [0.25, 0.3) is 5.57 Å². The standard InChI is InChI=1S/C18H20O8S.Na/c1-11(13-9-16(23-3)18(25-5)17(10-13)24-4)12-6-7-14(22-2)15(8-12)26-27(19,20)21;/h6-10H,1H2,2-5H3,(H,19,20,21);/q;+1/p-1. The molecule has 0 unspecified atom stereocenters. The molecule has 2 aromatic rings. The molecule has 0 bridgehead atoms. The second-order valence-corrected chi connectivity index (χ2v) is 6.23. The van der Waals surface area contributed by atoms with Crippen molar-refractivity contribution in [2.24, 2.45) is 0 Å². The zero-order chi connectivity index (χ0) is 20.2. The number of methoxy groups -OCH3 is 4. The molecule has 0 saturated heterocycles. The zero-order valence-corrected chi connectivity index (χ0v) is 19.1. The molecule has 0 saturated carbocycles. The summed E-state index contributed by atoms with van der Waals surface area (Å²) in [5.74, 6) is 1.14. The van der Waals surface area contributed by atoms with Gasteiger partial charge in [-0.2, -0.15) is 0 Å². The predicted octanol–water partition coefficient (Wildman–Crippen LogP) is -0.374. The van der Waals surface area contributed by atoms with Crippen LogP contribution >= 0.6 is 0 Å². The quantitative estimate of drug-likeness (QED) is 0.325. The minimum atomic E-state index is -4.96. The van der Waals surface area contributed by atoms with Crippen LogP contribution in [0.15, 0.2) is 36.9 Å². The molecule has 0 aromatic heterocycles. The van der Waals surface area contributed by atoms with Gasteiger partial charge in [-0.1, -0.05) is 12.6 Å². The Morgan fingerprint density at radius 2 is 1.32 bits per heavy atom. The first kappa shape index (κ1) is 24.1. The fourth-order valence-electron chi connectivity index (χ4n) is 2.46. The van der Waals surface area contributed by atoms with Gasteiger partial charge < -0.3 is 27.7 Å². The first-order chi connectivity index (χ1) is 12.7. The minimum Gasteiger partial charge on any atom is -0.716 e. The van der Waals surface area contributed by atoms with E-state index < -0.39 is 10.4 Å².